The van der Waals surface area contributed by atoms with Crippen LogP contribution >= 0.6 is 0 Å². The number of anilines is 1. The van der Waals surface area contributed by atoms with Crippen LogP contribution < -0.4 is 14.4 Å². The van der Waals surface area contributed by atoms with Crippen molar-refractivity contribution in [1.82, 2.24) is 4.90 Å². The number of aliphatic hydroxyl groups is 1. The van der Waals surface area contributed by atoms with Crippen molar-refractivity contribution in [3.05, 3.63) is 78.3 Å². The zero-order valence-corrected chi connectivity index (χ0v) is 17.8. The Morgan fingerprint density at radius 1 is 0.933 bits per heavy atom. The molecule has 3 rings (SSSR count). The summed E-state index contributed by atoms with van der Waals surface area (Å²) in [5.41, 5.74) is 2.33. The molecular weight excluding hydrogens is 380 g/mol. The Labute approximate surface area is 178 Å². The Hall–Kier alpha value is -2.96. The Morgan fingerprint density at radius 2 is 1.63 bits per heavy atom. The first-order chi connectivity index (χ1) is 14.5. The summed E-state index contributed by atoms with van der Waals surface area (Å²) in [6.07, 6.45) is 1.03. The van der Waals surface area contributed by atoms with Crippen LogP contribution in [-0.4, -0.2) is 50.5 Å². The number of furan rings is 1. The van der Waals surface area contributed by atoms with Gasteiger partial charge < -0.3 is 23.9 Å². The lowest BCUT2D eigenvalue weighted by Gasteiger charge is -2.25. The summed E-state index contributed by atoms with van der Waals surface area (Å²) in [5, 5.41) is 10.6. The highest BCUT2D eigenvalue weighted by Crippen LogP contribution is 2.18. The van der Waals surface area contributed by atoms with Gasteiger partial charge in [0.15, 0.2) is 0 Å². The third-order valence-electron chi connectivity index (χ3n) is 4.79. The van der Waals surface area contributed by atoms with E-state index in [0.29, 0.717) is 25.4 Å². The third kappa shape index (κ3) is 6.54. The van der Waals surface area contributed by atoms with E-state index in [-0.39, 0.29) is 6.61 Å². The van der Waals surface area contributed by atoms with E-state index in [4.69, 9.17) is 13.9 Å². The van der Waals surface area contributed by atoms with Crippen LogP contribution in [0.15, 0.2) is 71.3 Å². The van der Waals surface area contributed by atoms with Crippen molar-refractivity contribution in [2.75, 3.05) is 39.3 Å². The van der Waals surface area contributed by atoms with Gasteiger partial charge in [-0.3, -0.25) is 4.90 Å². The predicted molar refractivity (Wildman–Crippen MR) is 118 cm³/mol. The fourth-order valence-corrected chi connectivity index (χ4v) is 3.18. The molecule has 1 heterocycles. The maximum atomic E-state index is 10.6. The molecule has 0 amide bonds. The second-order valence-corrected chi connectivity index (χ2v) is 7.45. The number of aliphatic hydroxyl groups excluding tert-OH is 1. The second-order valence-electron chi connectivity index (χ2n) is 7.45. The fourth-order valence-electron chi connectivity index (χ4n) is 3.18. The first-order valence-electron chi connectivity index (χ1n) is 9.99. The Kier molecular flexibility index (Phi) is 7.76. The van der Waals surface area contributed by atoms with E-state index in [2.05, 4.69) is 34.1 Å². The quantitative estimate of drug-likeness (QED) is 0.519. The summed E-state index contributed by atoms with van der Waals surface area (Å²) < 4.78 is 16.4. The van der Waals surface area contributed by atoms with Crippen molar-refractivity contribution >= 4 is 5.69 Å². The number of nitrogens with zero attached hydrogens (tertiary/aromatic N) is 2. The number of benzene rings is 2. The van der Waals surface area contributed by atoms with Gasteiger partial charge in [0.2, 0.25) is 0 Å². The van der Waals surface area contributed by atoms with Gasteiger partial charge in [0.25, 0.3) is 0 Å². The average molecular weight is 411 g/mol. The Morgan fingerprint density at radius 3 is 2.23 bits per heavy atom. The molecule has 30 heavy (non-hydrogen) atoms. The summed E-state index contributed by atoms with van der Waals surface area (Å²) >= 11 is 0. The van der Waals surface area contributed by atoms with Gasteiger partial charge in [-0.1, -0.05) is 12.1 Å². The zero-order chi connectivity index (χ0) is 21.3. The predicted octanol–water partition coefficient (Wildman–Crippen LogP) is 3.80. The molecule has 0 spiro atoms. The molecule has 1 atom stereocenters. The van der Waals surface area contributed by atoms with Crippen LogP contribution in [0.5, 0.6) is 11.5 Å². The van der Waals surface area contributed by atoms with Crippen molar-refractivity contribution in [1.29, 1.82) is 0 Å². The lowest BCUT2D eigenvalue weighted by Crippen LogP contribution is -2.35. The largest absolute Gasteiger partial charge is 0.497 e. The highest BCUT2D eigenvalue weighted by molar-refractivity contribution is 5.46. The molecule has 1 N–H and O–H groups in total. The lowest BCUT2D eigenvalue weighted by molar-refractivity contribution is 0.0604. The molecule has 1 aromatic heterocycles. The van der Waals surface area contributed by atoms with Crippen molar-refractivity contribution in [2.45, 2.75) is 19.2 Å². The molecule has 0 saturated heterocycles. The van der Waals surface area contributed by atoms with E-state index >= 15 is 0 Å². The van der Waals surface area contributed by atoms with Crippen molar-refractivity contribution in [2.24, 2.45) is 0 Å². The highest BCUT2D eigenvalue weighted by Gasteiger charge is 2.15. The van der Waals surface area contributed by atoms with Gasteiger partial charge in [-0.2, -0.15) is 0 Å². The third-order valence-corrected chi connectivity index (χ3v) is 4.79. The first-order valence-corrected chi connectivity index (χ1v) is 9.99. The lowest BCUT2D eigenvalue weighted by atomic mass is 10.1. The molecule has 0 aliphatic heterocycles. The van der Waals surface area contributed by atoms with Crippen molar-refractivity contribution < 1.29 is 19.0 Å². The van der Waals surface area contributed by atoms with Gasteiger partial charge >= 0.3 is 0 Å². The molecule has 2 aromatic carbocycles. The normalized spacial score (nSPS) is 12.0. The van der Waals surface area contributed by atoms with Crippen molar-refractivity contribution in [3.8, 4) is 11.5 Å². The zero-order valence-electron chi connectivity index (χ0n) is 17.8. The summed E-state index contributed by atoms with van der Waals surface area (Å²) in [4.78, 5) is 4.23. The van der Waals surface area contributed by atoms with Crippen LogP contribution in [0.4, 0.5) is 5.69 Å². The number of rotatable bonds is 11. The molecular formula is C24H30N2O4. The number of ether oxygens (including phenoxy) is 2. The Bertz CT molecular complexity index is 861. The average Bonchev–Trinajstić information content (AvgIpc) is 3.26. The minimum absolute atomic E-state index is 0.209. The SMILES string of the molecule is COc1ccc(OC[C@@H](O)CN(Cc2ccc(N(C)C)cc2)Cc2ccco2)cc1. The summed E-state index contributed by atoms with van der Waals surface area (Å²) in [6, 6.07) is 19.6. The van der Waals surface area contributed by atoms with E-state index in [1.807, 2.05) is 50.5 Å². The molecule has 0 aliphatic carbocycles. The van der Waals surface area contributed by atoms with Crippen LogP contribution in [-0.2, 0) is 13.1 Å². The van der Waals surface area contributed by atoms with Crippen LogP contribution in [0.2, 0.25) is 0 Å². The van der Waals surface area contributed by atoms with Crippen LogP contribution in [0.3, 0.4) is 0 Å². The first kappa shape index (κ1) is 21.7. The Balaban J connectivity index is 1.59. The van der Waals surface area contributed by atoms with Crippen molar-refractivity contribution in [3.63, 3.8) is 0 Å². The summed E-state index contributed by atoms with van der Waals surface area (Å²) in [5.74, 6) is 2.34. The maximum absolute atomic E-state index is 10.6. The van der Waals surface area contributed by atoms with Gasteiger partial charge in [-0.15, -0.1) is 0 Å². The van der Waals surface area contributed by atoms with Gasteiger partial charge in [-0.25, -0.2) is 0 Å². The monoisotopic (exact) mass is 410 g/mol. The van der Waals surface area contributed by atoms with Gasteiger partial charge in [0, 0.05) is 32.9 Å². The van der Waals surface area contributed by atoms with E-state index in [9.17, 15) is 5.11 Å². The molecule has 0 aliphatic rings. The topological polar surface area (TPSA) is 58.3 Å². The maximum Gasteiger partial charge on any atom is 0.119 e. The molecule has 3 aromatic rings. The molecule has 0 unspecified atom stereocenters. The molecule has 0 bridgehead atoms. The minimum Gasteiger partial charge on any atom is -0.497 e. The van der Waals surface area contributed by atoms with Gasteiger partial charge in [-0.05, 0) is 54.1 Å². The number of methoxy groups -OCH3 is 1. The minimum atomic E-state index is -0.636. The smallest absolute Gasteiger partial charge is 0.119 e. The molecule has 0 radical (unpaired) electrons. The van der Waals surface area contributed by atoms with Crippen LogP contribution in [0, 0.1) is 0 Å². The highest BCUT2D eigenvalue weighted by atomic mass is 16.5. The summed E-state index contributed by atoms with van der Waals surface area (Å²) in [7, 11) is 5.68. The molecule has 160 valence electrons. The number of hydrogen-bond donors (Lipinski definition) is 1. The molecule has 6 heteroatoms. The molecule has 6 nitrogen and oxygen atoms in total. The van der Waals surface area contributed by atoms with E-state index in [1.165, 1.54) is 5.56 Å². The summed E-state index contributed by atoms with van der Waals surface area (Å²) in [6.45, 7) is 1.99. The van der Waals surface area contributed by atoms with E-state index < -0.39 is 6.10 Å². The standard InChI is InChI=1S/C24H30N2O4/c1-25(2)20-8-6-19(7-9-20)15-26(17-24-5-4-14-29-24)16-21(27)18-30-23-12-10-22(28-3)11-13-23/h4-14,21,27H,15-18H2,1-3H3/t21-/m0/s1. The van der Waals surface area contributed by atoms with Gasteiger partial charge in [0.05, 0.1) is 19.9 Å². The number of hydrogen-bond acceptors (Lipinski definition) is 6. The van der Waals surface area contributed by atoms with Crippen LogP contribution in [0.25, 0.3) is 0 Å². The second kappa shape index (κ2) is 10.7. The van der Waals surface area contributed by atoms with Gasteiger partial charge in [0.1, 0.15) is 30.0 Å². The molecule has 0 fully saturated rings. The fraction of sp³-hybridized carbons (Fsp3) is 0.333. The van der Waals surface area contributed by atoms with E-state index in [1.54, 1.807) is 13.4 Å². The van der Waals surface area contributed by atoms with Crippen LogP contribution in [0.1, 0.15) is 11.3 Å². The van der Waals surface area contributed by atoms with E-state index in [0.717, 1.165) is 17.2 Å². The molecule has 0 saturated carbocycles.